The molecule has 96 valence electrons. The molecule has 1 aromatic rings. The lowest BCUT2D eigenvalue weighted by molar-refractivity contribution is 0.534. The van der Waals surface area contributed by atoms with Crippen LogP contribution >= 0.6 is 0 Å². The van der Waals surface area contributed by atoms with Crippen LogP contribution in [0.25, 0.3) is 0 Å². The second kappa shape index (κ2) is 10.2. The van der Waals surface area contributed by atoms with Crippen LogP contribution in [0.5, 0.6) is 0 Å². The second-order valence-electron chi connectivity index (χ2n) is 3.95. The lowest BCUT2D eigenvalue weighted by Gasteiger charge is -2.11. The lowest BCUT2D eigenvalue weighted by atomic mass is 10.2. The van der Waals surface area contributed by atoms with E-state index < -0.39 is 0 Å². The maximum absolute atomic E-state index is 5.33. The van der Waals surface area contributed by atoms with Crippen molar-refractivity contribution in [1.82, 2.24) is 16.0 Å². The van der Waals surface area contributed by atoms with Gasteiger partial charge in [0.2, 0.25) is 0 Å². The van der Waals surface area contributed by atoms with Gasteiger partial charge in [0.25, 0.3) is 0 Å². The van der Waals surface area contributed by atoms with Gasteiger partial charge in [0.1, 0.15) is 0 Å². The van der Waals surface area contributed by atoms with Crippen LogP contribution < -0.4 is 21.7 Å². The van der Waals surface area contributed by atoms with E-state index in [4.69, 9.17) is 5.73 Å². The van der Waals surface area contributed by atoms with Crippen LogP contribution in [-0.4, -0.2) is 39.3 Å². The van der Waals surface area contributed by atoms with E-state index in [0.29, 0.717) is 6.54 Å². The summed E-state index contributed by atoms with van der Waals surface area (Å²) in [5.41, 5.74) is 6.64. The molecular weight excluding hydrogens is 212 g/mol. The Bertz CT molecular complexity index is 248. The molecule has 1 aromatic carbocycles. The van der Waals surface area contributed by atoms with E-state index in [1.165, 1.54) is 5.56 Å². The lowest BCUT2D eigenvalue weighted by Crippen LogP contribution is -2.39. The van der Waals surface area contributed by atoms with Gasteiger partial charge in [0.15, 0.2) is 0 Å². The van der Waals surface area contributed by atoms with Gasteiger partial charge in [-0.3, -0.25) is 0 Å². The number of hydrogen-bond acceptors (Lipinski definition) is 4. The molecule has 1 aliphatic rings. The van der Waals surface area contributed by atoms with E-state index in [2.05, 4.69) is 28.1 Å². The summed E-state index contributed by atoms with van der Waals surface area (Å²) in [6.45, 7) is 7.06. The predicted molar refractivity (Wildman–Crippen MR) is 72.9 cm³/mol. The number of hydrogen-bond donors (Lipinski definition) is 4. The van der Waals surface area contributed by atoms with Gasteiger partial charge < -0.3 is 21.7 Å². The summed E-state index contributed by atoms with van der Waals surface area (Å²) >= 11 is 0. The summed E-state index contributed by atoms with van der Waals surface area (Å²) in [5, 5.41) is 9.67. The van der Waals surface area contributed by atoms with Gasteiger partial charge in [0.05, 0.1) is 0 Å². The van der Waals surface area contributed by atoms with Gasteiger partial charge in [-0.05, 0) is 5.56 Å². The van der Waals surface area contributed by atoms with Crippen LogP contribution in [0.2, 0.25) is 0 Å². The van der Waals surface area contributed by atoms with Gasteiger partial charge in [-0.1, -0.05) is 30.3 Å². The fourth-order valence-electron chi connectivity index (χ4n) is 1.53. The largest absolute Gasteiger partial charge is 0.329 e. The molecule has 0 bridgehead atoms. The molecule has 0 atom stereocenters. The van der Waals surface area contributed by atoms with Gasteiger partial charge in [-0.2, -0.15) is 0 Å². The number of rotatable bonds is 4. The van der Waals surface area contributed by atoms with E-state index in [-0.39, 0.29) is 0 Å². The van der Waals surface area contributed by atoms with Crippen LogP contribution in [-0.2, 0) is 6.54 Å². The van der Waals surface area contributed by atoms with Crippen molar-refractivity contribution in [3.63, 3.8) is 0 Å². The standard InChI is InChI=1S/C9H14N2.C4H10N2/c10-6-7-11-8-9-4-2-1-3-5-9;1-2-6-4-3-5-1/h1-5,11H,6-8,10H2;5-6H,1-4H2. The minimum Gasteiger partial charge on any atom is -0.329 e. The first-order valence-corrected chi connectivity index (χ1v) is 6.29. The van der Waals surface area contributed by atoms with E-state index in [1.807, 2.05) is 18.2 Å². The first kappa shape index (κ1) is 14.1. The predicted octanol–water partition coefficient (Wildman–Crippen LogP) is -0.0859. The Morgan fingerprint density at radius 3 is 2.06 bits per heavy atom. The molecule has 0 spiro atoms. The van der Waals surface area contributed by atoms with Crippen molar-refractivity contribution in [2.75, 3.05) is 39.3 Å². The first-order chi connectivity index (χ1) is 8.43. The smallest absolute Gasteiger partial charge is 0.0206 e. The van der Waals surface area contributed by atoms with Crippen molar-refractivity contribution in [2.45, 2.75) is 6.54 Å². The van der Waals surface area contributed by atoms with Crippen LogP contribution in [0.1, 0.15) is 5.56 Å². The molecule has 0 saturated carbocycles. The monoisotopic (exact) mass is 236 g/mol. The van der Waals surface area contributed by atoms with Crippen molar-refractivity contribution >= 4 is 0 Å². The molecule has 5 N–H and O–H groups in total. The summed E-state index contributed by atoms with van der Waals surface area (Å²) < 4.78 is 0. The molecule has 0 aliphatic carbocycles. The molecular formula is C13H24N4. The zero-order chi connectivity index (χ0) is 12.2. The highest BCUT2D eigenvalue weighted by atomic mass is 15.0. The Morgan fingerprint density at radius 2 is 1.59 bits per heavy atom. The third kappa shape index (κ3) is 7.88. The molecule has 2 rings (SSSR count). The number of nitrogens with one attached hydrogen (secondary N) is 3. The quantitative estimate of drug-likeness (QED) is 0.552. The molecule has 0 unspecified atom stereocenters. The van der Waals surface area contributed by atoms with Crippen LogP contribution in [0.3, 0.4) is 0 Å². The van der Waals surface area contributed by atoms with Crippen molar-refractivity contribution in [2.24, 2.45) is 5.73 Å². The summed E-state index contributed by atoms with van der Waals surface area (Å²) in [5.74, 6) is 0. The van der Waals surface area contributed by atoms with Crippen molar-refractivity contribution < 1.29 is 0 Å². The normalized spacial score (nSPS) is 14.9. The van der Waals surface area contributed by atoms with E-state index in [0.717, 1.165) is 39.3 Å². The van der Waals surface area contributed by atoms with Gasteiger partial charge in [0, 0.05) is 45.8 Å². The summed E-state index contributed by atoms with van der Waals surface area (Å²) in [6, 6.07) is 10.3. The van der Waals surface area contributed by atoms with Gasteiger partial charge in [-0.15, -0.1) is 0 Å². The Hall–Kier alpha value is -0.940. The van der Waals surface area contributed by atoms with Crippen LogP contribution in [0.4, 0.5) is 0 Å². The summed E-state index contributed by atoms with van der Waals surface area (Å²) in [4.78, 5) is 0. The maximum atomic E-state index is 5.33. The number of benzene rings is 1. The Kier molecular flexibility index (Phi) is 8.50. The van der Waals surface area contributed by atoms with E-state index >= 15 is 0 Å². The highest BCUT2D eigenvalue weighted by Crippen LogP contribution is 1.96. The maximum Gasteiger partial charge on any atom is 0.0206 e. The van der Waals surface area contributed by atoms with Gasteiger partial charge in [-0.25, -0.2) is 0 Å². The topological polar surface area (TPSA) is 62.1 Å². The van der Waals surface area contributed by atoms with Crippen LogP contribution in [0, 0.1) is 0 Å². The molecule has 1 heterocycles. The summed E-state index contributed by atoms with van der Waals surface area (Å²) in [6.07, 6.45) is 0. The molecule has 0 radical (unpaired) electrons. The minimum absolute atomic E-state index is 0.701. The third-order valence-electron chi connectivity index (χ3n) is 2.45. The molecule has 0 amide bonds. The van der Waals surface area contributed by atoms with E-state index in [9.17, 15) is 0 Å². The van der Waals surface area contributed by atoms with E-state index in [1.54, 1.807) is 0 Å². The fourth-order valence-corrected chi connectivity index (χ4v) is 1.53. The molecule has 1 fully saturated rings. The fraction of sp³-hybridized carbons (Fsp3) is 0.538. The average molecular weight is 236 g/mol. The zero-order valence-electron chi connectivity index (χ0n) is 10.4. The van der Waals surface area contributed by atoms with Crippen molar-refractivity contribution in [3.05, 3.63) is 35.9 Å². The number of piperazine rings is 1. The minimum atomic E-state index is 0.701. The van der Waals surface area contributed by atoms with Crippen molar-refractivity contribution in [1.29, 1.82) is 0 Å². The molecule has 1 aliphatic heterocycles. The van der Waals surface area contributed by atoms with Gasteiger partial charge >= 0.3 is 0 Å². The van der Waals surface area contributed by atoms with Crippen LogP contribution in [0.15, 0.2) is 30.3 Å². The number of nitrogens with two attached hydrogens (primary N) is 1. The highest BCUT2D eigenvalue weighted by Gasteiger charge is 1.91. The average Bonchev–Trinajstić information content (AvgIpc) is 2.43. The molecule has 1 saturated heterocycles. The molecule has 4 nitrogen and oxygen atoms in total. The van der Waals surface area contributed by atoms with Crippen molar-refractivity contribution in [3.8, 4) is 0 Å². The Morgan fingerprint density at radius 1 is 1.00 bits per heavy atom. The first-order valence-electron chi connectivity index (χ1n) is 6.29. The molecule has 17 heavy (non-hydrogen) atoms. The SMILES string of the molecule is C1CNCCN1.NCCNCc1ccccc1. The molecule has 4 heteroatoms. The Labute approximate surface area is 104 Å². The Balaban J connectivity index is 0.000000202. The highest BCUT2D eigenvalue weighted by molar-refractivity contribution is 5.14. The second-order valence-corrected chi connectivity index (χ2v) is 3.95. The molecule has 0 aromatic heterocycles. The zero-order valence-corrected chi connectivity index (χ0v) is 10.4. The third-order valence-corrected chi connectivity index (χ3v) is 2.45. The summed E-state index contributed by atoms with van der Waals surface area (Å²) in [7, 11) is 0.